The van der Waals surface area contributed by atoms with E-state index in [0.717, 1.165) is 30.6 Å². The lowest BCUT2D eigenvalue weighted by atomic mass is 9.77. The average molecular weight is 263 g/mol. The third-order valence-electron chi connectivity index (χ3n) is 3.83. The molecular formula is C15H21NO3. The topological polar surface area (TPSA) is 47.6 Å². The van der Waals surface area contributed by atoms with Crippen molar-refractivity contribution >= 4 is 5.91 Å². The fourth-order valence-electron chi connectivity index (χ4n) is 2.32. The predicted molar refractivity (Wildman–Crippen MR) is 73.0 cm³/mol. The number of methoxy groups -OCH3 is 2. The third kappa shape index (κ3) is 3.47. The van der Waals surface area contributed by atoms with E-state index in [1.807, 2.05) is 24.3 Å². The number of nitrogens with one attached hydrogen (secondary N) is 1. The van der Waals surface area contributed by atoms with Crippen molar-refractivity contribution in [3.8, 4) is 5.75 Å². The van der Waals surface area contributed by atoms with Crippen LogP contribution >= 0.6 is 0 Å². The molecule has 1 aromatic carbocycles. The molecule has 0 heterocycles. The number of hydrogen-bond donors (Lipinski definition) is 1. The smallest absolute Gasteiger partial charge is 0.223 e. The molecule has 0 aliphatic heterocycles. The van der Waals surface area contributed by atoms with Gasteiger partial charge in [0.15, 0.2) is 0 Å². The Morgan fingerprint density at radius 2 is 1.95 bits per heavy atom. The summed E-state index contributed by atoms with van der Waals surface area (Å²) in [7, 11) is 3.33. The summed E-state index contributed by atoms with van der Waals surface area (Å²) in [6, 6.07) is 7.69. The number of benzene rings is 1. The van der Waals surface area contributed by atoms with E-state index >= 15 is 0 Å². The van der Waals surface area contributed by atoms with Crippen molar-refractivity contribution < 1.29 is 14.3 Å². The molecular weight excluding hydrogens is 242 g/mol. The number of amides is 1. The zero-order chi connectivity index (χ0) is 13.7. The van der Waals surface area contributed by atoms with Gasteiger partial charge in [-0.3, -0.25) is 4.79 Å². The first-order chi connectivity index (χ1) is 9.17. The van der Waals surface area contributed by atoms with Crippen molar-refractivity contribution in [2.75, 3.05) is 14.2 Å². The van der Waals surface area contributed by atoms with E-state index in [0.29, 0.717) is 13.0 Å². The minimum Gasteiger partial charge on any atom is -0.497 e. The van der Waals surface area contributed by atoms with Crippen LogP contribution in [-0.4, -0.2) is 25.7 Å². The molecule has 1 amide bonds. The molecule has 104 valence electrons. The van der Waals surface area contributed by atoms with E-state index in [2.05, 4.69) is 5.32 Å². The van der Waals surface area contributed by atoms with Gasteiger partial charge in [-0.15, -0.1) is 0 Å². The minimum atomic E-state index is -0.204. The quantitative estimate of drug-likeness (QED) is 0.856. The molecule has 4 nitrogen and oxygen atoms in total. The Balaban J connectivity index is 1.79. The van der Waals surface area contributed by atoms with Crippen molar-refractivity contribution in [3.05, 3.63) is 29.8 Å². The van der Waals surface area contributed by atoms with Gasteiger partial charge in [-0.05, 0) is 37.0 Å². The molecule has 0 unspecified atom stereocenters. The van der Waals surface area contributed by atoms with Gasteiger partial charge in [0.05, 0.1) is 19.1 Å². The van der Waals surface area contributed by atoms with Crippen LogP contribution in [0.3, 0.4) is 0 Å². The summed E-state index contributed by atoms with van der Waals surface area (Å²) in [5, 5.41) is 2.93. The lowest BCUT2D eigenvalue weighted by molar-refractivity contribution is -0.134. The number of hydrogen-bond acceptors (Lipinski definition) is 3. The Bertz CT molecular complexity index is 418. The van der Waals surface area contributed by atoms with Gasteiger partial charge in [0.2, 0.25) is 5.91 Å². The number of carbonyl (C=O) groups excluding carboxylic acids is 1. The average Bonchev–Trinajstić information content (AvgIpc) is 2.41. The number of carbonyl (C=O) groups is 1. The van der Waals surface area contributed by atoms with Gasteiger partial charge in [0.1, 0.15) is 5.75 Å². The molecule has 1 N–H and O–H groups in total. The maximum Gasteiger partial charge on any atom is 0.223 e. The second-order valence-corrected chi connectivity index (χ2v) is 5.04. The Kier molecular flexibility index (Phi) is 4.43. The van der Waals surface area contributed by atoms with Crippen molar-refractivity contribution in [3.63, 3.8) is 0 Å². The van der Waals surface area contributed by atoms with Gasteiger partial charge in [-0.2, -0.15) is 0 Å². The normalized spacial score (nSPS) is 16.5. The van der Waals surface area contributed by atoms with E-state index in [1.165, 1.54) is 0 Å². The molecule has 1 saturated carbocycles. The zero-order valence-electron chi connectivity index (χ0n) is 11.6. The second kappa shape index (κ2) is 6.06. The fraction of sp³-hybridized carbons (Fsp3) is 0.533. The summed E-state index contributed by atoms with van der Waals surface area (Å²) >= 11 is 0. The third-order valence-corrected chi connectivity index (χ3v) is 3.83. The van der Waals surface area contributed by atoms with Crippen LogP contribution in [0.25, 0.3) is 0 Å². The Hall–Kier alpha value is -1.55. The molecule has 0 radical (unpaired) electrons. The molecule has 0 aromatic heterocycles. The van der Waals surface area contributed by atoms with Crippen molar-refractivity contribution in [1.29, 1.82) is 0 Å². The largest absolute Gasteiger partial charge is 0.497 e. The Morgan fingerprint density at radius 3 is 2.42 bits per heavy atom. The van der Waals surface area contributed by atoms with Crippen LogP contribution in [-0.2, 0) is 16.1 Å². The first-order valence-corrected chi connectivity index (χ1v) is 6.62. The SMILES string of the molecule is COc1ccc(CNC(=O)CC2(OC)CCC2)cc1. The maximum absolute atomic E-state index is 11.9. The van der Waals surface area contributed by atoms with Gasteiger partial charge in [-0.1, -0.05) is 12.1 Å². The lowest BCUT2D eigenvalue weighted by Crippen LogP contribution is -2.43. The van der Waals surface area contributed by atoms with Crippen LogP contribution in [0.2, 0.25) is 0 Å². The van der Waals surface area contributed by atoms with Crippen LogP contribution in [0.1, 0.15) is 31.2 Å². The molecule has 4 heteroatoms. The van der Waals surface area contributed by atoms with Gasteiger partial charge in [-0.25, -0.2) is 0 Å². The van der Waals surface area contributed by atoms with E-state index in [4.69, 9.17) is 9.47 Å². The van der Waals surface area contributed by atoms with Crippen molar-refractivity contribution in [1.82, 2.24) is 5.32 Å². The van der Waals surface area contributed by atoms with Crippen LogP contribution < -0.4 is 10.1 Å². The molecule has 1 fully saturated rings. The molecule has 1 aliphatic carbocycles. The van der Waals surface area contributed by atoms with Gasteiger partial charge >= 0.3 is 0 Å². The lowest BCUT2D eigenvalue weighted by Gasteiger charge is -2.39. The van der Waals surface area contributed by atoms with E-state index in [9.17, 15) is 4.79 Å². The highest BCUT2D eigenvalue weighted by Gasteiger charge is 2.38. The molecule has 0 saturated heterocycles. The van der Waals surface area contributed by atoms with Gasteiger partial charge in [0, 0.05) is 13.7 Å². The van der Waals surface area contributed by atoms with E-state index in [-0.39, 0.29) is 11.5 Å². The van der Waals surface area contributed by atoms with Crippen molar-refractivity contribution in [2.45, 2.75) is 37.8 Å². The van der Waals surface area contributed by atoms with Crippen LogP contribution in [0.4, 0.5) is 0 Å². The summed E-state index contributed by atoms with van der Waals surface area (Å²) in [6.07, 6.45) is 3.58. The molecule has 0 bridgehead atoms. The molecule has 1 aliphatic rings. The summed E-state index contributed by atoms with van der Waals surface area (Å²) < 4.78 is 10.5. The first kappa shape index (κ1) is 13.9. The maximum atomic E-state index is 11.9. The molecule has 1 aromatic rings. The standard InChI is InChI=1S/C15H21NO3/c1-18-13-6-4-12(5-7-13)11-16-14(17)10-15(19-2)8-3-9-15/h4-7H,3,8-11H2,1-2H3,(H,16,17). The molecule has 19 heavy (non-hydrogen) atoms. The second-order valence-electron chi connectivity index (χ2n) is 5.04. The highest BCUT2D eigenvalue weighted by Crippen LogP contribution is 2.37. The van der Waals surface area contributed by atoms with E-state index in [1.54, 1.807) is 14.2 Å². The molecule has 0 atom stereocenters. The van der Waals surface area contributed by atoms with Gasteiger partial charge < -0.3 is 14.8 Å². The summed E-state index contributed by atoms with van der Waals surface area (Å²) in [6.45, 7) is 0.544. The highest BCUT2D eigenvalue weighted by atomic mass is 16.5. The predicted octanol–water partition coefficient (Wildman–Crippen LogP) is 2.27. The molecule has 0 spiro atoms. The summed E-state index contributed by atoms with van der Waals surface area (Å²) in [4.78, 5) is 11.9. The Morgan fingerprint density at radius 1 is 1.26 bits per heavy atom. The van der Waals surface area contributed by atoms with Crippen LogP contribution in [0.15, 0.2) is 24.3 Å². The monoisotopic (exact) mass is 263 g/mol. The first-order valence-electron chi connectivity index (χ1n) is 6.62. The fourth-order valence-corrected chi connectivity index (χ4v) is 2.32. The zero-order valence-corrected chi connectivity index (χ0v) is 11.6. The minimum absolute atomic E-state index is 0.0531. The van der Waals surface area contributed by atoms with Crippen molar-refractivity contribution in [2.24, 2.45) is 0 Å². The Labute approximate surface area is 114 Å². The number of rotatable bonds is 6. The highest BCUT2D eigenvalue weighted by molar-refractivity contribution is 5.77. The van der Waals surface area contributed by atoms with E-state index < -0.39 is 0 Å². The summed E-state index contributed by atoms with van der Waals surface area (Å²) in [5.74, 6) is 0.875. The van der Waals surface area contributed by atoms with Gasteiger partial charge in [0.25, 0.3) is 0 Å². The van der Waals surface area contributed by atoms with Crippen LogP contribution in [0, 0.1) is 0 Å². The van der Waals surface area contributed by atoms with Crippen LogP contribution in [0.5, 0.6) is 5.75 Å². The summed E-state index contributed by atoms with van der Waals surface area (Å²) in [5.41, 5.74) is 0.860. The molecule has 2 rings (SSSR count). The number of ether oxygens (including phenoxy) is 2.